The van der Waals surface area contributed by atoms with Gasteiger partial charge in [-0.2, -0.15) is 0 Å². The van der Waals surface area contributed by atoms with Crippen molar-refractivity contribution in [3.05, 3.63) is 89.4 Å². The van der Waals surface area contributed by atoms with Crippen LogP contribution < -0.4 is 19.5 Å². The number of hydrogen-bond donors (Lipinski definition) is 1. The van der Waals surface area contributed by atoms with Crippen molar-refractivity contribution in [1.29, 1.82) is 0 Å². The Morgan fingerprint density at radius 3 is 2.61 bits per heavy atom. The van der Waals surface area contributed by atoms with Gasteiger partial charge in [0.1, 0.15) is 23.1 Å². The summed E-state index contributed by atoms with van der Waals surface area (Å²) in [5.74, 6) is 1.45. The molecule has 1 N–H and O–H groups in total. The molecule has 9 heteroatoms. The number of nitrogens with one attached hydrogen (secondary N) is 1. The molecular weight excluding hydrogens is 520 g/mol. The largest absolute Gasteiger partial charge is 0.497 e. The Bertz CT molecular complexity index is 1560. The lowest BCUT2D eigenvalue weighted by molar-refractivity contribution is -0.127. The molecule has 2 amide bonds. The number of carbonyl (C=O) groups excluding carboxylic acids is 2. The van der Waals surface area contributed by atoms with Gasteiger partial charge < -0.3 is 24.4 Å². The van der Waals surface area contributed by atoms with E-state index in [-0.39, 0.29) is 31.2 Å². The van der Waals surface area contributed by atoms with Crippen molar-refractivity contribution in [1.82, 2.24) is 19.6 Å². The number of methoxy groups -OCH3 is 1. The van der Waals surface area contributed by atoms with Crippen LogP contribution in [-0.2, 0) is 11.3 Å². The summed E-state index contributed by atoms with van der Waals surface area (Å²) in [5, 5.41) is 3.27. The highest BCUT2D eigenvalue weighted by atomic mass is 16.7. The van der Waals surface area contributed by atoms with Gasteiger partial charge in [0.25, 0.3) is 5.91 Å². The van der Waals surface area contributed by atoms with Crippen LogP contribution in [0.3, 0.4) is 0 Å². The number of fused-ring (bicyclic) bond motifs is 2. The third-order valence-corrected chi connectivity index (χ3v) is 7.90. The van der Waals surface area contributed by atoms with E-state index in [0.29, 0.717) is 39.8 Å². The third-order valence-electron chi connectivity index (χ3n) is 7.90. The molecule has 1 aliphatic carbocycles. The van der Waals surface area contributed by atoms with Crippen molar-refractivity contribution in [2.24, 2.45) is 0 Å². The number of aryl methyl sites for hydroxylation is 1. The van der Waals surface area contributed by atoms with Crippen LogP contribution in [0.25, 0.3) is 5.65 Å². The van der Waals surface area contributed by atoms with Crippen LogP contribution in [0.5, 0.6) is 17.2 Å². The van der Waals surface area contributed by atoms with Gasteiger partial charge in [-0.25, -0.2) is 4.98 Å². The zero-order valence-electron chi connectivity index (χ0n) is 23.3. The fourth-order valence-corrected chi connectivity index (χ4v) is 5.81. The quantitative estimate of drug-likeness (QED) is 0.321. The number of rotatable bonds is 8. The number of amides is 2. The summed E-state index contributed by atoms with van der Waals surface area (Å²) < 4.78 is 18.3. The third kappa shape index (κ3) is 5.44. The standard InChI is InChI=1S/C32H34N4O5/c1-21-29(35-17-7-6-10-28(35)33-21)32(38)36(19-22-11-16-26-27(18-22)41-20-40-26)30(23-12-14-25(39-2)15-13-23)31(37)34-24-8-4-3-5-9-24/h6-7,10-18,24,30H,3-5,8-9,19-20H2,1-2H3,(H,34,37). The molecule has 0 spiro atoms. The number of carbonyl (C=O) groups is 2. The van der Waals surface area contributed by atoms with Crippen molar-refractivity contribution in [3.8, 4) is 17.2 Å². The zero-order chi connectivity index (χ0) is 28.3. The molecular formula is C32H34N4O5. The minimum Gasteiger partial charge on any atom is -0.497 e. The molecule has 1 atom stereocenters. The summed E-state index contributed by atoms with van der Waals surface area (Å²) >= 11 is 0. The van der Waals surface area contributed by atoms with Gasteiger partial charge in [-0.15, -0.1) is 0 Å². The molecule has 2 aromatic heterocycles. The maximum atomic E-state index is 14.6. The van der Waals surface area contributed by atoms with Crippen LogP contribution >= 0.6 is 0 Å². The predicted octanol–water partition coefficient (Wildman–Crippen LogP) is 5.21. The lowest BCUT2D eigenvalue weighted by atomic mass is 9.94. The molecule has 41 heavy (non-hydrogen) atoms. The van der Waals surface area contributed by atoms with E-state index < -0.39 is 6.04 Å². The van der Waals surface area contributed by atoms with Gasteiger partial charge in [0.15, 0.2) is 11.5 Å². The number of aromatic nitrogens is 2. The van der Waals surface area contributed by atoms with Crippen molar-refractivity contribution < 1.29 is 23.8 Å². The predicted molar refractivity (Wildman–Crippen MR) is 153 cm³/mol. The number of nitrogens with zero attached hydrogens (tertiary/aromatic N) is 3. The Morgan fingerprint density at radius 1 is 1.05 bits per heavy atom. The van der Waals surface area contributed by atoms with E-state index in [1.165, 1.54) is 6.42 Å². The summed E-state index contributed by atoms with van der Waals surface area (Å²) in [7, 11) is 1.60. The monoisotopic (exact) mass is 554 g/mol. The lowest BCUT2D eigenvalue weighted by Crippen LogP contribution is -2.47. The molecule has 0 bridgehead atoms. The number of ether oxygens (including phenoxy) is 3. The second kappa shape index (κ2) is 11.5. The van der Waals surface area contributed by atoms with Crippen LogP contribution in [0.2, 0.25) is 0 Å². The Labute approximate surface area is 239 Å². The van der Waals surface area contributed by atoms with Gasteiger partial charge in [0, 0.05) is 18.8 Å². The fraction of sp³-hybridized carbons (Fsp3) is 0.344. The first-order chi connectivity index (χ1) is 20.0. The summed E-state index contributed by atoms with van der Waals surface area (Å²) in [4.78, 5) is 35.1. The van der Waals surface area contributed by atoms with E-state index in [2.05, 4.69) is 10.3 Å². The molecule has 0 radical (unpaired) electrons. The maximum Gasteiger partial charge on any atom is 0.274 e. The molecule has 212 valence electrons. The highest BCUT2D eigenvalue weighted by molar-refractivity contribution is 5.98. The molecule has 9 nitrogen and oxygen atoms in total. The van der Waals surface area contributed by atoms with Gasteiger partial charge >= 0.3 is 0 Å². The van der Waals surface area contributed by atoms with E-state index in [0.717, 1.165) is 31.2 Å². The zero-order valence-corrected chi connectivity index (χ0v) is 23.3. The molecule has 1 aliphatic heterocycles. The number of hydrogen-bond acceptors (Lipinski definition) is 6. The van der Waals surface area contributed by atoms with E-state index in [4.69, 9.17) is 14.2 Å². The van der Waals surface area contributed by atoms with Crippen molar-refractivity contribution in [2.75, 3.05) is 13.9 Å². The SMILES string of the molecule is COc1ccc(C(C(=O)NC2CCCCC2)N(Cc2ccc3c(c2)OCO3)C(=O)c2c(C)nc3ccccn23)cc1. The molecule has 3 heterocycles. The molecule has 1 unspecified atom stereocenters. The molecule has 2 aromatic carbocycles. The number of pyridine rings is 1. The average molecular weight is 555 g/mol. The lowest BCUT2D eigenvalue weighted by Gasteiger charge is -2.33. The molecule has 1 fully saturated rings. The summed E-state index contributed by atoms with van der Waals surface area (Å²) in [6.45, 7) is 2.15. The van der Waals surface area contributed by atoms with Gasteiger partial charge in [-0.1, -0.05) is 43.5 Å². The van der Waals surface area contributed by atoms with E-state index in [1.54, 1.807) is 16.4 Å². The van der Waals surface area contributed by atoms with Crippen LogP contribution in [0.1, 0.15) is 65.5 Å². The maximum absolute atomic E-state index is 14.6. The number of benzene rings is 2. The van der Waals surface area contributed by atoms with E-state index in [1.807, 2.05) is 73.8 Å². The van der Waals surface area contributed by atoms with Crippen LogP contribution in [0.4, 0.5) is 0 Å². The highest BCUT2D eigenvalue weighted by Gasteiger charge is 2.36. The second-order valence-corrected chi connectivity index (χ2v) is 10.6. The van der Waals surface area contributed by atoms with Crippen molar-refractivity contribution >= 4 is 17.5 Å². The molecule has 0 saturated heterocycles. The van der Waals surface area contributed by atoms with Crippen LogP contribution in [-0.4, -0.2) is 46.0 Å². The van der Waals surface area contributed by atoms with E-state index >= 15 is 0 Å². The van der Waals surface area contributed by atoms with Crippen LogP contribution in [0, 0.1) is 6.92 Å². The highest BCUT2D eigenvalue weighted by Crippen LogP contribution is 2.35. The van der Waals surface area contributed by atoms with Gasteiger partial charge in [0.05, 0.1) is 12.8 Å². The number of imidazole rings is 1. The molecule has 2 aliphatic rings. The van der Waals surface area contributed by atoms with Gasteiger partial charge in [0.2, 0.25) is 12.7 Å². The van der Waals surface area contributed by atoms with Crippen molar-refractivity contribution in [3.63, 3.8) is 0 Å². The summed E-state index contributed by atoms with van der Waals surface area (Å²) in [6, 6.07) is 17.8. The minimum absolute atomic E-state index is 0.0806. The molecule has 6 rings (SSSR count). The Balaban J connectivity index is 1.45. The Hall–Kier alpha value is -4.53. The Kier molecular flexibility index (Phi) is 7.50. The van der Waals surface area contributed by atoms with Gasteiger partial charge in [-0.3, -0.25) is 14.0 Å². The average Bonchev–Trinajstić information content (AvgIpc) is 3.60. The van der Waals surface area contributed by atoms with Crippen LogP contribution in [0.15, 0.2) is 66.9 Å². The Morgan fingerprint density at radius 2 is 1.83 bits per heavy atom. The first kappa shape index (κ1) is 26.7. The minimum atomic E-state index is -0.894. The second-order valence-electron chi connectivity index (χ2n) is 10.6. The first-order valence-corrected chi connectivity index (χ1v) is 14.1. The molecule has 1 saturated carbocycles. The summed E-state index contributed by atoms with van der Waals surface area (Å²) in [5.41, 5.74) is 3.20. The van der Waals surface area contributed by atoms with Gasteiger partial charge in [-0.05, 0) is 67.3 Å². The molecule has 4 aromatic rings. The van der Waals surface area contributed by atoms with Crippen molar-refractivity contribution in [2.45, 2.75) is 57.7 Å². The topological polar surface area (TPSA) is 94.4 Å². The first-order valence-electron chi connectivity index (χ1n) is 14.1. The smallest absolute Gasteiger partial charge is 0.274 e. The van der Waals surface area contributed by atoms with E-state index in [9.17, 15) is 9.59 Å². The fourth-order valence-electron chi connectivity index (χ4n) is 5.81. The normalized spacial score (nSPS) is 15.5. The summed E-state index contributed by atoms with van der Waals surface area (Å²) in [6.07, 6.45) is 7.04.